The summed E-state index contributed by atoms with van der Waals surface area (Å²) < 4.78 is 108. The van der Waals surface area contributed by atoms with Gasteiger partial charge in [0.15, 0.2) is 0 Å². The van der Waals surface area contributed by atoms with Crippen molar-refractivity contribution in [3.05, 3.63) is 0 Å². The van der Waals surface area contributed by atoms with Gasteiger partial charge < -0.3 is 9.79 Å². The zero-order chi connectivity index (χ0) is 19.4. The summed E-state index contributed by atoms with van der Waals surface area (Å²) in [6.07, 6.45) is -9.07. The number of hydrogen-bond donors (Lipinski definition) is 2. The smallest absolute Gasteiger partial charge is 0.303 e. The summed E-state index contributed by atoms with van der Waals surface area (Å²) >= 11 is 0. The van der Waals surface area contributed by atoms with Gasteiger partial charge in [-0.25, -0.2) is 4.57 Å². The van der Waals surface area contributed by atoms with Gasteiger partial charge in [0.25, 0.3) is 0 Å². The first-order chi connectivity index (χ1) is 10.6. The van der Waals surface area contributed by atoms with Gasteiger partial charge in [0.05, 0.1) is 0 Å². The molecule has 0 aromatic carbocycles. The van der Waals surface area contributed by atoms with Crippen molar-refractivity contribution in [2.24, 2.45) is 0 Å². The summed E-state index contributed by atoms with van der Waals surface area (Å²) in [6.45, 7) is 2.89. The molecule has 0 spiro atoms. The van der Waals surface area contributed by atoms with Gasteiger partial charge in [-0.2, -0.15) is 30.7 Å². The topological polar surface area (TPSA) is 66.8 Å². The average Bonchev–Trinajstić information content (AvgIpc) is 2.38. The van der Waals surface area contributed by atoms with E-state index in [0.717, 1.165) is 0 Å². The van der Waals surface area contributed by atoms with Gasteiger partial charge in [0.1, 0.15) is 5.60 Å². The van der Waals surface area contributed by atoms with E-state index in [4.69, 9.17) is 9.79 Å². The molecule has 0 heterocycles. The third-order valence-electron chi connectivity index (χ3n) is 3.48. The Labute approximate surface area is 134 Å². The van der Waals surface area contributed by atoms with E-state index < -0.39 is 44.3 Å². The lowest BCUT2D eigenvalue weighted by molar-refractivity contribution is -0.387. The molecule has 0 rings (SSSR count). The SMILES string of the molecule is CCCCC(CCCC)(OP(=O)(O)O)C(F)(F)C(F)(F)C(F)(F)F. The van der Waals surface area contributed by atoms with Crippen LogP contribution in [0.1, 0.15) is 52.4 Å². The highest BCUT2D eigenvalue weighted by Gasteiger charge is 2.80. The Hall–Kier alpha value is -0.380. The van der Waals surface area contributed by atoms with Gasteiger partial charge in [-0.1, -0.05) is 39.5 Å². The third kappa shape index (κ3) is 5.06. The summed E-state index contributed by atoms with van der Waals surface area (Å²) in [5.41, 5.74) is -3.64. The fourth-order valence-corrected chi connectivity index (χ4v) is 2.96. The van der Waals surface area contributed by atoms with E-state index in [1.807, 2.05) is 0 Å². The van der Waals surface area contributed by atoms with Gasteiger partial charge in [0.2, 0.25) is 0 Å². The second-order valence-corrected chi connectivity index (χ2v) is 6.59. The summed E-state index contributed by atoms with van der Waals surface area (Å²) in [7, 11) is -5.77. The fraction of sp³-hybridized carbons (Fsp3) is 1.00. The lowest BCUT2D eigenvalue weighted by Gasteiger charge is -2.43. The van der Waals surface area contributed by atoms with Crippen molar-refractivity contribution in [3.8, 4) is 0 Å². The molecule has 0 aliphatic carbocycles. The number of rotatable bonds is 10. The zero-order valence-corrected chi connectivity index (χ0v) is 13.9. The van der Waals surface area contributed by atoms with Crippen LogP contribution in [0.5, 0.6) is 0 Å². The minimum absolute atomic E-state index is 0.117. The van der Waals surface area contributed by atoms with E-state index in [0.29, 0.717) is 0 Å². The minimum atomic E-state index is -6.61. The molecule has 24 heavy (non-hydrogen) atoms. The first-order valence-corrected chi connectivity index (χ1v) is 8.69. The molecular weight excluding hydrogens is 372 g/mol. The van der Waals surface area contributed by atoms with E-state index in [1.54, 1.807) is 0 Å². The second-order valence-electron chi connectivity index (χ2n) is 5.43. The molecule has 0 atom stereocenters. The minimum Gasteiger partial charge on any atom is -0.303 e. The maximum Gasteiger partial charge on any atom is 0.470 e. The molecule has 0 unspecified atom stereocenters. The Morgan fingerprint density at radius 1 is 0.833 bits per heavy atom. The molecule has 0 aromatic rings. The molecule has 0 bridgehead atoms. The molecule has 0 fully saturated rings. The van der Waals surface area contributed by atoms with E-state index in [1.165, 1.54) is 13.8 Å². The largest absolute Gasteiger partial charge is 0.470 e. The average molecular weight is 392 g/mol. The van der Waals surface area contributed by atoms with Crippen molar-refractivity contribution < 1.29 is 49.6 Å². The fourth-order valence-electron chi connectivity index (χ4n) is 2.20. The number of alkyl halides is 7. The third-order valence-corrected chi connectivity index (χ3v) is 4.07. The van der Waals surface area contributed by atoms with Crippen LogP contribution in [0.15, 0.2) is 0 Å². The highest BCUT2D eigenvalue weighted by Crippen LogP contribution is 2.59. The molecule has 0 aliphatic rings. The summed E-state index contributed by atoms with van der Waals surface area (Å²) in [4.78, 5) is 17.6. The maximum atomic E-state index is 14.3. The zero-order valence-electron chi connectivity index (χ0n) is 13.0. The number of unbranched alkanes of at least 4 members (excludes halogenated alkanes) is 2. The van der Waals surface area contributed by atoms with E-state index in [9.17, 15) is 35.3 Å². The van der Waals surface area contributed by atoms with Gasteiger partial charge in [0, 0.05) is 0 Å². The van der Waals surface area contributed by atoms with Crippen molar-refractivity contribution in [2.45, 2.75) is 76.0 Å². The Balaban J connectivity index is 6.24. The summed E-state index contributed by atoms with van der Waals surface area (Å²) in [5.74, 6) is -12.4. The molecule has 4 nitrogen and oxygen atoms in total. The van der Waals surface area contributed by atoms with Gasteiger partial charge in [-0.05, 0) is 12.8 Å². The monoisotopic (exact) mass is 392 g/mol. The molecule has 0 aliphatic heterocycles. The van der Waals surface area contributed by atoms with Crippen LogP contribution in [-0.4, -0.2) is 33.4 Å². The maximum absolute atomic E-state index is 14.3. The highest BCUT2D eigenvalue weighted by molar-refractivity contribution is 7.46. The van der Waals surface area contributed by atoms with Crippen LogP contribution < -0.4 is 0 Å². The molecule has 0 radical (unpaired) electrons. The van der Waals surface area contributed by atoms with E-state index >= 15 is 0 Å². The Kier molecular flexibility index (Phi) is 7.76. The predicted octanol–water partition coefficient (Wildman–Crippen LogP) is 5.05. The molecule has 0 saturated carbocycles. The molecule has 0 aromatic heterocycles. The molecular formula is C12H20F7O4P. The van der Waals surface area contributed by atoms with Crippen molar-refractivity contribution in [1.82, 2.24) is 0 Å². The van der Waals surface area contributed by atoms with Crippen molar-refractivity contribution in [2.75, 3.05) is 0 Å². The number of phosphoric ester groups is 1. The molecule has 0 saturated heterocycles. The van der Waals surface area contributed by atoms with E-state index in [-0.39, 0.29) is 25.7 Å². The summed E-state index contributed by atoms with van der Waals surface area (Å²) in [5, 5.41) is 0. The van der Waals surface area contributed by atoms with Crippen molar-refractivity contribution in [3.63, 3.8) is 0 Å². The Morgan fingerprint density at radius 2 is 1.21 bits per heavy atom. The number of halogens is 7. The van der Waals surface area contributed by atoms with Crippen LogP contribution >= 0.6 is 7.82 Å². The van der Waals surface area contributed by atoms with Crippen LogP contribution in [-0.2, 0) is 9.09 Å². The lowest BCUT2D eigenvalue weighted by atomic mass is 9.81. The van der Waals surface area contributed by atoms with Crippen LogP contribution in [0.3, 0.4) is 0 Å². The predicted molar refractivity (Wildman–Crippen MR) is 70.9 cm³/mol. The van der Waals surface area contributed by atoms with Crippen LogP contribution in [0, 0.1) is 0 Å². The Bertz CT molecular complexity index is 439. The summed E-state index contributed by atoms with van der Waals surface area (Å²) in [6, 6.07) is 0. The van der Waals surface area contributed by atoms with Gasteiger partial charge in [-0.15, -0.1) is 0 Å². The number of hydrogen-bond acceptors (Lipinski definition) is 2. The first-order valence-electron chi connectivity index (χ1n) is 7.16. The van der Waals surface area contributed by atoms with Crippen LogP contribution in [0.25, 0.3) is 0 Å². The lowest BCUT2D eigenvalue weighted by Crippen LogP contribution is -2.64. The van der Waals surface area contributed by atoms with Crippen molar-refractivity contribution >= 4 is 7.82 Å². The van der Waals surface area contributed by atoms with Gasteiger partial charge in [-0.3, -0.25) is 4.52 Å². The van der Waals surface area contributed by atoms with Crippen molar-refractivity contribution in [1.29, 1.82) is 0 Å². The number of phosphoric acid groups is 1. The first kappa shape index (κ1) is 23.6. The van der Waals surface area contributed by atoms with E-state index in [2.05, 4.69) is 4.52 Å². The standard InChI is InChI=1S/C12H20F7O4P/c1-3-5-7-9(8-6-4-2,23-24(20,21)22)10(13,14)11(15,16)12(17,18)19/h3-8H2,1-2H3,(H2,20,21,22). The van der Waals surface area contributed by atoms with Gasteiger partial charge >= 0.3 is 25.8 Å². The normalized spacial score (nSPS) is 15.0. The van der Waals surface area contributed by atoms with Crippen LogP contribution in [0.4, 0.5) is 30.7 Å². The second kappa shape index (κ2) is 7.88. The highest BCUT2D eigenvalue weighted by atomic mass is 31.2. The molecule has 12 heteroatoms. The molecule has 0 amide bonds. The molecule has 2 N–H and O–H groups in total. The Morgan fingerprint density at radius 3 is 1.46 bits per heavy atom. The quantitative estimate of drug-likeness (QED) is 0.404. The van der Waals surface area contributed by atoms with Crippen LogP contribution in [0.2, 0.25) is 0 Å². The molecule has 146 valence electrons.